The summed E-state index contributed by atoms with van der Waals surface area (Å²) in [6.45, 7) is -1.03. The fraction of sp³-hybridized carbons (Fsp3) is 0.455. The molecule has 198 valence electrons. The molecule has 11 nitrogen and oxygen atoms in total. The Bertz CT molecular complexity index is 1560. The number of alkyl halides is 3. The maximum absolute atomic E-state index is 14.8. The fourth-order valence-electron chi connectivity index (χ4n) is 4.46. The molecule has 1 unspecified atom stereocenters. The van der Waals surface area contributed by atoms with Crippen molar-refractivity contribution in [1.29, 1.82) is 0 Å². The van der Waals surface area contributed by atoms with Crippen molar-refractivity contribution in [1.82, 2.24) is 33.9 Å². The second-order valence-corrected chi connectivity index (χ2v) is 10.9. The van der Waals surface area contributed by atoms with Gasteiger partial charge in [-0.1, -0.05) is 11.3 Å². The molecule has 0 amide bonds. The van der Waals surface area contributed by atoms with Gasteiger partial charge in [-0.15, -0.1) is 10.2 Å². The average Bonchev–Trinajstić information content (AvgIpc) is 3.46. The first-order valence-electron chi connectivity index (χ1n) is 11.5. The summed E-state index contributed by atoms with van der Waals surface area (Å²) in [5, 5.41) is 15.2. The molecule has 0 aliphatic carbocycles. The summed E-state index contributed by atoms with van der Waals surface area (Å²) in [6, 6.07) is 5.98. The number of nitrogens with one attached hydrogen (secondary N) is 1. The van der Waals surface area contributed by atoms with Gasteiger partial charge in [0.2, 0.25) is 21.9 Å². The van der Waals surface area contributed by atoms with Gasteiger partial charge in [0.15, 0.2) is 0 Å². The number of nitrogens with zero attached hydrogens (tertiary/aromatic N) is 7. The first kappa shape index (κ1) is 25.2. The molecule has 1 saturated heterocycles. The Morgan fingerprint density at radius 2 is 2.08 bits per heavy atom. The Balaban J connectivity index is 1.47. The predicted molar refractivity (Wildman–Crippen MR) is 130 cm³/mol. The molecule has 15 heteroatoms. The molecule has 4 heterocycles. The van der Waals surface area contributed by atoms with Crippen LogP contribution in [0, 0.1) is 0 Å². The van der Waals surface area contributed by atoms with Gasteiger partial charge >= 0.3 is 0 Å². The Labute approximate surface area is 210 Å². The van der Waals surface area contributed by atoms with Crippen LogP contribution in [0.2, 0.25) is 0 Å². The van der Waals surface area contributed by atoms with Crippen molar-refractivity contribution in [2.45, 2.75) is 31.4 Å². The Kier molecular flexibility index (Phi) is 6.43. The number of rotatable bonds is 8. The topological polar surface area (TPSA) is 120 Å². The number of hydrogen-bond acceptors (Lipinski definition) is 8. The number of sulfonamides is 1. The van der Waals surface area contributed by atoms with E-state index in [1.54, 1.807) is 23.0 Å². The second kappa shape index (κ2) is 9.45. The average molecular weight is 539 g/mol. The summed E-state index contributed by atoms with van der Waals surface area (Å²) in [7, 11) is -2.31. The van der Waals surface area contributed by atoms with Gasteiger partial charge in [-0.3, -0.25) is 4.39 Å². The van der Waals surface area contributed by atoms with Crippen LogP contribution in [0.3, 0.4) is 0 Å². The van der Waals surface area contributed by atoms with E-state index in [-0.39, 0.29) is 24.8 Å². The minimum Gasteiger partial charge on any atom is -0.479 e. The van der Waals surface area contributed by atoms with E-state index >= 15 is 0 Å². The lowest BCUT2D eigenvalue weighted by Crippen LogP contribution is -2.55. The molecule has 1 aliphatic heterocycles. The number of anilines is 1. The Morgan fingerprint density at radius 1 is 1.27 bits per heavy atom. The summed E-state index contributed by atoms with van der Waals surface area (Å²) in [5.74, 6) is -3.24. The van der Waals surface area contributed by atoms with Crippen molar-refractivity contribution in [3.8, 4) is 17.0 Å². The summed E-state index contributed by atoms with van der Waals surface area (Å²) in [5.41, 5.74) is 3.46. The molecule has 0 radical (unpaired) electrons. The Morgan fingerprint density at radius 3 is 2.78 bits per heavy atom. The van der Waals surface area contributed by atoms with Crippen LogP contribution in [-0.2, 0) is 16.6 Å². The van der Waals surface area contributed by atoms with E-state index in [1.807, 2.05) is 12.1 Å². The standard InChI is InChI=1S/C22H25F3N8O3S/c1-36-20-19-15(14-4-5-16-17(12-14)32(30-28-16)9-3-8-23)6-11-33(19)29-21(27-20)26-18-7-10-31(37(2,34)35)13-22(18,24)25/h4-6,11-12,18H,3,7-10,13H2,1-2H3,(H,26,29). The van der Waals surface area contributed by atoms with Crippen LogP contribution < -0.4 is 10.1 Å². The highest BCUT2D eigenvalue weighted by atomic mass is 32.2. The van der Waals surface area contributed by atoms with Gasteiger partial charge in [0, 0.05) is 24.8 Å². The van der Waals surface area contributed by atoms with E-state index in [2.05, 4.69) is 25.7 Å². The zero-order valence-electron chi connectivity index (χ0n) is 20.1. The highest BCUT2D eigenvalue weighted by molar-refractivity contribution is 7.88. The fourth-order valence-corrected chi connectivity index (χ4v) is 5.30. The van der Waals surface area contributed by atoms with Gasteiger partial charge in [-0.25, -0.2) is 26.4 Å². The van der Waals surface area contributed by atoms with Crippen LogP contribution in [0.15, 0.2) is 30.5 Å². The highest BCUT2D eigenvalue weighted by Crippen LogP contribution is 2.34. The molecule has 0 spiro atoms. The molecule has 1 aromatic carbocycles. The molecule has 1 atom stereocenters. The van der Waals surface area contributed by atoms with Gasteiger partial charge in [-0.05, 0) is 36.6 Å². The molecule has 5 rings (SSSR count). The number of fused-ring (bicyclic) bond motifs is 2. The van der Waals surface area contributed by atoms with E-state index in [4.69, 9.17) is 4.74 Å². The lowest BCUT2D eigenvalue weighted by molar-refractivity contribution is -0.0541. The van der Waals surface area contributed by atoms with Crippen LogP contribution in [0.1, 0.15) is 12.8 Å². The van der Waals surface area contributed by atoms with Gasteiger partial charge in [0.05, 0.1) is 38.1 Å². The number of ether oxygens (including phenoxy) is 1. The molecular formula is C22H25F3N8O3S. The van der Waals surface area contributed by atoms with Crippen molar-refractivity contribution in [3.05, 3.63) is 30.5 Å². The van der Waals surface area contributed by atoms with Crippen molar-refractivity contribution in [2.75, 3.05) is 38.4 Å². The summed E-state index contributed by atoms with van der Waals surface area (Å²) in [4.78, 5) is 4.31. The van der Waals surface area contributed by atoms with Gasteiger partial charge in [-0.2, -0.15) is 9.29 Å². The second-order valence-electron chi connectivity index (χ2n) is 8.87. The number of aromatic nitrogens is 6. The summed E-state index contributed by atoms with van der Waals surface area (Å²) >= 11 is 0. The number of piperidine rings is 1. The normalized spacial score (nSPS) is 18.5. The SMILES string of the molecule is COc1nc(NC2CCN(S(C)(=O)=O)CC2(F)F)nn2ccc(-c3ccc4nnn(CCCF)c4c3)c12. The highest BCUT2D eigenvalue weighted by Gasteiger charge is 2.47. The van der Waals surface area contributed by atoms with Crippen molar-refractivity contribution >= 4 is 32.5 Å². The van der Waals surface area contributed by atoms with E-state index < -0.39 is 35.2 Å². The van der Waals surface area contributed by atoms with E-state index in [1.165, 1.54) is 11.6 Å². The lowest BCUT2D eigenvalue weighted by Gasteiger charge is -2.37. The quantitative estimate of drug-likeness (QED) is 0.364. The number of halogens is 3. The monoisotopic (exact) mass is 538 g/mol. The molecule has 1 N–H and O–H groups in total. The largest absolute Gasteiger partial charge is 0.479 e. The summed E-state index contributed by atoms with van der Waals surface area (Å²) in [6.07, 6.45) is 2.77. The van der Waals surface area contributed by atoms with E-state index in [9.17, 15) is 21.6 Å². The van der Waals surface area contributed by atoms with Crippen molar-refractivity contribution < 1.29 is 26.3 Å². The van der Waals surface area contributed by atoms with Crippen LogP contribution in [-0.4, -0.2) is 87.4 Å². The number of hydrogen-bond donors (Lipinski definition) is 1. The predicted octanol–water partition coefficient (Wildman–Crippen LogP) is 2.59. The molecule has 0 saturated carbocycles. The van der Waals surface area contributed by atoms with Gasteiger partial charge in [0.1, 0.15) is 11.0 Å². The first-order valence-corrected chi connectivity index (χ1v) is 13.4. The van der Waals surface area contributed by atoms with Crippen LogP contribution in [0.25, 0.3) is 27.7 Å². The minimum atomic E-state index is -3.73. The molecule has 4 aromatic rings. The van der Waals surface area contributed by atoms with E-state index in [0.717, 1.165) is 27.2 Å². The Hall–Kier alpha value is -3.46. The lowest BCUT2D eigenvalue weighted by atomic mass is 10.0. The number of aryl methyl sites for hydroxylation is 1. The van der Waals surface area contributed by atoms with Crippen molar-refractivity contribution in [3.63, 3.8) is 0 Å². The maximum Gasteiger partial charge on any atom is 0.281 e. The number of benzene rings is 1. The first-order chi connectivity index (χ1) is 17.6. The smallest absolute Gasteiger partial charge is 0.281 e. The molecular weight excluding hydrogens is 513 g/mol. The molecule has 0 bridgehead atoms. The van der Waals surface area contributed by atoms with Crippen LogP contribution in [0.4, 0.5) is 19.1 Å². The third-order valence-electron chi connectivity index (χ3n) is 6.34. The van der Waals surface area contributed by atoms with Crippen LogP contribution >= 0.6 is 0 Å². The zero-order chi connectivity index (χ0) is 26.4. The van der Waals surface area contributed by atoms with Crippen LogP contribution in [0.5, 0.6) is 5.88 Å². The molecule has 3 aromatic heterocycles. The van der Waals surface area contributed by atoms with E-state index in [0.29, 0.717) is 24.0 Å². The third kappa shape index (κ3) is 4.80. The number of methoxy groups -OCH3 is 1. The molecule has 1 fully saturated rings. The maximum atomic E-state index is 14.8. The zero-order valence-corrected chi connectivity index (χ0v) is 20.9. The molecule has 37 heavy (non-hydrogen) atoms. The van der Waals surface area contributed by atoms with Gasteiger partial charge < -0.3 is 10.1 Å². The van der Waals surface area contributed by atoms with Crippen molar-refractivity contribution in [2.24, 2.45) is 0 Å². The third-order valence-corrected chi connectivity index (χ3v) is 7.59. The molecule has 1 aliphatic rings. The summed E-state index contributed by atoms with van der Waals surface area (Å²) < 4.78 is 75.0. The minimum absolute atomic E-state index is 0.0433. The van der Waals surface area contributed by atoms with Gasteiger partial charge in [0.25, 0.3) is 5.92 Å².